The van der Waals surface area contributed by atoms with Crippen molar-refractivity contribution in [2.45, 2.75) is 64.5 Å². The highest BCUT2D eigenvalue weighted by atomic mass is 32.2. The van der Waals surface area contributed by atoms with Crippen molar-refractivity contribution < 1.29 is 22.8 Å². The Balaban J connectivity index is 1.88. The van der Waals surface area contributed by atoms with Gasteiger partial charge in [0.1, 0.15) is 0 Å². The Morgan fingerprint density at radius 3 is 2.06 bits per heavy atom. The minimum Gasteiger partial charge on any atom is -0.282 e. The monoisotopic (exact) mass is 473 g/mol. The SMILES string of the molecule is Cc1cc(/C=C2/SC(=O)NC2=O)ccc1-c1cc2c(cc1C(F)(F)F)C(C)(C)CCC2(C)C. The fourth-order valence-electron chi connectivity index (χ4n) is 4.72. The number of fused-ring (bicyclic) bond motifs is 1. The number of hydrogen-bond acceptors (Lipinski definition) is 3. The van der Waals surface area contributed by atoms with Crippen LogP contribution in [0, 0.1) is 6.92 Å². The summed E-state index contributed by atoms with van der Waals surface area (Å²) in [6, 6.07) is 8.18. The highest BCUT2D eigenvalue weighted by Crippen LogP contribution is 2.50. The molecule has 0 atom stereocenters. The van der Waals surface area contributed by atoms with Gasteiger partial charge in [0.05, 0.1) is 10.5 Å². The van der Waals surface area contributed by atoms with Crippen LogP contribution >= 0.6 is 11.8 Å². The van der Waals surface area contributed by atoms with Crippen LogP contribution in [0.5, 0.6) is 0 Å². The quantitative estimate of drug-likeness (QED) is 0.464. The normalized spacial score (nSPS) is 20.7. The molecule has 0 spiro atoms. The van der Waals surface area contributed by atoms with Crippen LogP contribution in [0.3, 0.4) is 0 Å². The van der Waals surface area contributed by atoms with E-state index in [1.807, 2.05) is 13.8 Å². The van der Waals surface area contributed by atoms with Gasteiger partial charge in [-0.1, -0.05) is 45.9 Å². The number of hydrogen-bond donors (Lipinski definition) is 1. The summed E-state index contributed by atoms with van der Waals surface area (Å²) in [4.78, 5) is 23.5. The second kappa shape index (κ2) is 7.76. The van der Waals surface area contributed by atoms with Crippen molar-refractivity contribution in [3.63, 3.8) is 0 Å². The predicted octanol–water partition coefficient (Wildman–Crippen LogP) is 7.35. The maximum atomic E-state index is 14.2. The van der Waals surface area contributed by atoms with E-state index in [0.29, 0.717) is 16.7 Å². The zero-order chi connectivity index (χ0) is 24.3. The van der Waals surface area contributed by atoms with Gasteiger partial charge in [0.25, 0.3) is 11.1 Å². The van der Waals surface area contributed by atoms with Gasteiger partial charge in [0.15, 0.2) is 0 Å². The molecule has 174 valence electrons. The average molecular weight is 474 g/mol. The van der Waals surface area contributed by atoms with Crippen molar-refractivity contribution in [3.05, 3.63) is 63.1 Å². The molecule has 3 nitrogen and oxygen atoms in total. The van der Waals surface area contributed by atoms with E-state index in [2.05, 4.69) is 19.2 Å². The summed E-state index contributed by atoms with van der Waals surface area (Å²) in [6.07, 6.45) is -1.18. The third kappa shape index (κ3) is 4.35. The molecule has 4 rings (SSSR count). The lowest BCUT2D eigenvalue weighted by atomic mass is 9.62. The van der Waals surface area contributed by atoms with E-state index in [4.69, 9.17) is 0 Å². The maximum absolute atomic E-state index is 14.2. The Kier molecular flexibility index (Phi) is 5.55. The third-order valence-electron chi connectivity index (χ3n) is 6.78. The molecular weight excluding hydrogens is 447 g/mol. The van der Waals surface area contributed by atoms with Gasteiger partial charge < -0.3 is 0 Å². The van der Waals surface area contributed by atoms with Gasteiger partial charge in [-0.25, -0.2) is 0 Å². The number of rotatable bonds is 2. The summed E-state index contributed by atoms with van der Waals surface area (Å²) < 4.78 is 42.7. The van der Waals surface area contributed by atoms with Gasteiger partial charge >= 0.3 is 6.18 Å². The van der Waals surface area contributed by atoms with Crippen LogP contribution < -0.4 is 5.32 Å². The van der Waals surface area contributed by atoms with E-state index in [0.717, 1.165) is 35.7 Å². The Morgan fingerprint density at radius 1 is 0.939 bits per heavy atom. The standard InChI is InChI=1S/C26H26F3NO2S/c1-14-10-15(11-21-22(31)30-23(32)33-21)6-7-16(14)17-12-19-20(13-18(17)26(27,28)29)25(4,5)9-8-24(19,2)3/h6-7,10-13H,8-9H2,1-5H3,(H,30,31,32)/b21-11+. The van der Waals surface area contributed by atoms with Gasteiger partial charge in [-0.3, -0.25) is 14.9 Å². The van der Waals surface area contributed by atoms with Crippen molar-refractivity contribution in [1.82, 2.24) is 5.32 Å². The lowest BCUT2D eigenvalue weighted by Gasteiger charge is -2.42. The molecule has 2 amide bonds. The van der Waals surface area contributed by atoms with Crippen LogP contribution in [0.2, 0.25) is 0 Å². The van der Waals surface area contributed by atoms with Gasteiger partial charge in [-0.2, -0.15) is 13.2 Å². The molecule has 0 saturated carbocycles. The van der Waals surface area contributed by atoms with E-state index in [1.54, 1.807) is 37.3 Å². The lowest BCUT2D eigenvalue weighted by Crippen LogP contribution is -2.34. The first-order chi connectivity index (χ1) is 15.2. The molecule has 1 heterocycles. The zero-order valence-corrected chi connectivity index (χ0v) is 20.1. The molecule has 2 aromatic rings. The van der Waals surface area contributed by atoms with E-state index in [9.17, 15) is 22.8 Å². The van der Waals surface area contributed by atoms with Crippen molar-refractivity contribution >= 4 is 29.0 Å². The molecule has 0 unspecified atom stereocenters. The van der Waals surface area contributed by atoms with E-state index < -0.39 is 22.9 Å². The number of alkyl halides is 3. The van der Waals surface area contributed by atoms with Crippen LogP contribution in [0.15, 0.2) is 35.2 Å². The largest absolute Gasteiger partial charge is 0.417 e. The highest BCUT2D eigenvalue weighted by Gasteiger charge is 2.42. The summed E-state index contributed by atoms with van der Waals surface area (Å²) in [5.74, 6) is -0.467. The lowest BCUT2D eigenvalue weighted by molar-refractivity contribution is -0.137. The fourth-order valence-corrected chi connectivity index (χ4v) is 5.40. The molecule has 2 aliphatic rings. The summed E-state index contributed by atoms with van der Waals surface area (Å²) in [5.41, 5.74) is 2.55. The van der Waals surface area contributed by atoms with Crippen molar-refractivity contribution in [2.24, 2.45) is 0 Å². The van der Waals surface area contributed by atoms with Crippen molar-refractivity contribution in [3.8, 4) is 11.1 Å². The molecule has 1 saturated heterocycles. The van der Waals surface area contributed by atoms with Crippen LogP contribution in [0.1, 0.15) is 68.4 Å². The van der Waals surface area contributed by atoms with Gasteiger partial charge in [-0.05, 0) is 93.9 Å². The van der Waals surface area contributed by atoms with E-state index in [-0.39, 0.29) is 21.3 Å². The van der Waals surface area contributed by atoms with Crippen molar-refractivity contribution in [1.29, 1.82) is 0 Å². The number of aryl methyl sites for hydroxylation is 1. The summed E-state index contributed by atoms with van der Waals surface area (Å²) >= 11 is 0.808. The molecule has 1 fully saturated rings. The number of carbonyl (C=O) groups excluding carboxylic acids is 2. The third-order valence-corrected chi connectivity index (χ3v) is 7.59. The Hall–Kier alpha value is -2.54. The molecule has 0 aromatic heterocycles. The molecule has 0 radical (unpaired) electrons. The molecule has 0 bridgehead atoms. The highest BCUT2D eigenvalue weighted by molar-refractivity contribution is 8.18. The zero-order valence-electron chi connectivity index (χ0n) is 19.2. The topological polar surface area (TPSA) is 46.2 Å². The first-order valence-corrected chi connectivity index (χ1v) is 11.6. The minimum atomic E-state index is -4.49. The van der Waals surface area contributed by atoms with Crippen LogP contribution in [0.25, 0.3) is 17.2 Å². The number of amides is 2. The van der Waals surface area contributed by atoms with Gasteiger partial charge in [-0.15, -0.1) is 0 Å². The first-order valence-electron chi connectivity index (χ1n) is 10.8. The molecule has 1 aliphatic heterocycles. The smallest absolute Gasteiger partial charge is 0.282 e. The molecular formula is C26H26F3NO2S. The average Bonchev–Trinajstić information content (AvgIpc) is 3.01. The van der Waals surface area contributed by atoms with Crippen LogP contribution in [-0.2, 0) is 21.8 Å². The second-order valence-electron chi connectivity index (χ2n) is 10.1. The van der Waals surface area contributed by atoms with Gasteiger partial charge in [0.2, 0.25) is 0 Å². The minimum absolute atomic E-state index is 0.173. The summed E-state index contributed by atoms with van der Waals surface area (Å²) in [6.45, 7) is 9.96. The second-order valence-corrected chi connectivity index (χ2v) is 11.2. The Bertz CT molecular complexity index is 1210. The molecule has 7 heteroatoms. The number of imide groups is 1. The summed E-state index contributed by atoms with van der Waals surface area (Å²) in [7, 11) is 0. The van der Waals surface area contributed by atoms with Crippen LogP contribution in [-0.4, -0.2) is 11.1 Å². The van der Waals surface area contributed by atoms with Gasteiger partial charge in [0, 0.05) is 0 Å². The summed E-state index contributed by atoms with van der Waals surface area (Å²) in [5, 5.41) is 1.76. The molecule has 1 aliphatic carbocycles. The first kappa shape index (κ1) is 23.6. The molecule has 2 aromatic carbocycles. The number of halogens is 3. The molecule has 33 heavy (non-hydrogen) atoms. The molecule has 1 N–H and O–H groups in total. The Morgan fingerprint density at radius 2 is 1.55 bits per heavy atom. The number of nitrogens with one attached hydrogen (secondary N) is 1. The van der Waals surface area contributed by atoms with Crippen LogP contribution in [0.4, 0.5) is 18.0 Å². The van der Waals surface area contributed by atoms with Crippen molar-refractivity contribution in [2.75, 3.05) is 0 Å². The number of carbonyl (C=O) groups is 2. The number of benzene rings is 2. The maximum Gasteiger partial charge on any atom is 0.417 e. The van der Waals surface area contributed by atoms with E-state index >= 15 is 0 Å². The fraction of sp³-hybridized carbons (Fsp3) is 0.385. The predicted molar refractivity (Wildman–Crippen MR) is 126 cm³/mol. The Labute approximate surface area is 195 Å². The van der Waals surface area contributed by atoms with E-state index in [1.165, 1.54) is 6.07 Å². The number of thioether (sulfide) groups is 1.